The van der Waals surface area contributed by atoms with Crippen molar-refractivity contribution in [3.8, 4) is 22.5 Å². The van der Waals surface area contributed by atoms with Crippen LogP contribution in [0, 0.1) is 39.5 Å². The molecule has 264 valence electrons. The first kappa shape index (κ1) is 34.3. The summed E-state index contributed by atoms with van der Waals surface area (Å²) in [5.41, 5.74) is 19.3. The van der Waals surface area contributed by atoms with Crippen LogP contribution < -0.4 is 22.1 Å². The highest BCUT2D eigenvalue weighted by molar-refractivity contribution is 6.00. The fourth-order valence-corrected chi connectivity index (χ4v) is 6.21. The SMILES string of the molecule is Cc1ccnc(C)c1-c1cc2cc(NC(=O)[C@@H]3C[C@@H]3F)ncc2c(N)n1.Cc1ccnc(C)c1-c1cc2cc(NC(=O)[C@H]3C[C@H]3F)ncc2c(N)n1. The lowest BCUT2D eigenvalue weighted by Crippen LogP contribution is -2.15. The van der Waals surface area contributed by atoms with Crippen molar-refractivity contribution < 1.29 is 18.4 Å². The maximum absolute atomic E-state index is 13.0. The molecule has 0 aromatic carbocycles. The Morgan fingerprint density at radius 3 is 1.38 bits per heavy atom. The van der Waals surface area contributed by atoms with E-state index in [2.05, 4.69) is 40.5 Å². The third-order valence-electron chi connectivity index (χ3n) is 9.30. The molecule has 6 aromatic rings. The number of carbonyl (C=O) groups is 2. The minimum atomic E-state index is -1.04. The molecule has 52 heavy (non-hydrogen) atoms. The summed E-state index contributed by atoms with van der Waals surface area (Å²) < 4.78 is 26.1. The maximum Gasteiger partial charge on any atom is 0.231 e. The molecule has 2 amide bonds. The van der Waals surface area contributed by atoms with Gasteiger partial charge in [0.2, 0.25) is 11.8 Å². The summed E-state index contributed by atoms with van der Waals surface area (Å²) in [6.07, 6.45) is 5.12. The molecule has 6 aromatic heterocycles. The molecule has 0 aliphatic heterocycles. The fraction of sp³-hybridized carbons (Fsp3) is 0.263. The summed E-state index contributed by atoms with van der Waals surface area (Å²) in [6.45, 7) is 7.83. The van der Waals surface area contributed by atoms with Gasteiger partial charge in [-0.05, 0) is 98.8 Å². The van der Waals surface area contributed by atoms with Gasteiger partial charge in [0.15, 0.2) is 0 Å². The molecule has 12 nitrogen and oxygen atoms in total. The van der Waals surface area contributed by atoms with Gasteiger partial charge in [0.1, 0.15) is 35.6 Å². The molecule has 6 heterocycles. The van der Waals surface area contributed by atoms with Crippen LogP contribution in [0.2, 0.25) is 0 Å². The number of nitrogens with zero attached hydrogens (tertiary/aromatic N) is 6. The van der Waals surface area contributed by atoms with Crippen molar-refractivity contribution in [1.82, 2.24) is 29.9 Å². The Balaban J connectivity index is 0.000000162. The Kier molecular flexibility index (Phi) is 8.90. The molecule has 2 fully saturated rings. The van der Waals surface area contributed by atoms with Crippen molar-refractivity contribution >= 4 is 56.6 Å². The Morgan fingerprint density at radius 1 is 0.654 bits per heavy atom. The Bertz CT molecular complexity index is 2200. The first-order valence-electron chi connectivity index (χ1n) is 16.8. The Hall–Kier alpha value is -6.18. The molecule has 0 bridgehead atoms. The van der Waals surface area contributed by atoms with Gasteiger partial charge in [0, 0.05) is 58.1 Å². The molecule has 2 aliphatic rings. The second-order valence-electron chi connectivity index (χ2n) is 13.2. The summed E-state index contributed by atoms with van der Waals surface area (Å²) >= 11 is 0. The zero-order valence-electron chi connectivity index (χ0n) is 28.9. The number of nitrogen functional groups attached to an aromatic ring is 2. The zero-order valence-corrected chi connectivity index (χ0v) is 28.9. The van der Waals surface area contributed by atoms with Crippen LogP contribution in [-0.2, 0) is 9.59 Å². The third kappa shape index (κ3) is 6.91. The lowest BCUT2D eigenvalue weighted by atomic mass is 10.0. The molecule has 0 unspecified atom stereocenters. The predicted octanol–water partition coefficient (Wildman–Crippen LogP) is 6.37. The predicted molar refractivity (Wildman–Crippen MR) is 197 cm³/mol. The number of hydrogen-bond donors (Lipinski definition) is 4. The van der Waals surface area contributed by atoms with Gasteiger partial charge in [-0.25, -0.2) is 28.7 Å². The molecule has 0 radical (unpaired) electrons. The van der Waals surface area contributed by atoms with Crippen LogP contribution in [0.4, 0.5) is 32.1 Å². The van der Waals surface area contributed by atoms with Crippen LogP contribution in [0.25, 0.3) is 44.1 Å². The van der Waals surface area contributed by atoms with E-state index in [0.717, 1.165) is 44.4 Å². The highest BCUT2D eigenvalue weighted by atomic mass is 19.1. The average Bonchev–Trinajstić information content (AvgIpc) is 4.01. The monoisotopic (exact) mass is 702 g/mol. The number of hydrogen-bond acceptors (Lipinski definition) is 10. The molecule has 2 aliphatic carbocycles. The molecule has 14 heteroatoms. The van der Waals surface area contributed by atoms with Crippen molar-refractivity contribution in [3.63, 3.8) is 0 Å². The van der Waals surface area contributed by atoms with Crippen LogP contribution in [0.15, 0.2) is 61.2 Å². The van der Waals surface area contributed by atoms with Gasteiger partial charge in [-0.3, -0.25) is 19.6 Å². The van der Waals surface area contributed by atoms with Gasteiger partial charge >= 0.3 is 0 Å². The summed E-state index contributed by atoms with van der Waals surface area (Å²) in [5, 5.41) is 8.32. The van der Waals surface area contributed by atoms with E-state index in [-0.39, 0.29) is 24.7 Å². The van der Waals surface area contributed by atoms with E-state index in [4.69, 9.17) is 11.5 Å². The second kappa shape index (κ2) is 13.5. The van der Waals surface area contributed by atoms with E-state index >= 15 is 0 Å². The second-order valence-corrected chi connectivity index (χ2v) is 13.2. The van der Waals surface area contributed by atoms with Gasteiger partial charge < -0.3 is 22.1 Å². The van der Waals surface area contributed by atoms with Crippen molar-refractivity contribution in [2.45, 2.75) is 52.9 Å². The molecule has 0 saturated heterocycles. The van der Waals surface area contributed by atoms with E-state index in [1.54, 1.807) is 36.9 Å². The van der Waals surface area contributed by atoms with Gasteiger partial charge in [-0.2, -0.15) is 0 Å². The minimum absolute atomic E-state index is 0.278. The third-order valence-corrected chi connectivity index (χ3v) is 9.30. The molecular formula is C38H36F2N10O2. The quantitative estimate of drug-likeness (QED) is 0.152. The first-order valence-corrected chi connectivity index (χ1v) is 16.8. The number of aromatic nitrogens is 6. The molecule has 4 atom stereocenters. The topological polar surface area (TPSA) is 188 Å². The lowest BCUT2D eigenvalue weighted by molar-refractivity contribution is -0.118. The highest BCUT2D eigenvalue weighted by Gasteiger charge is 2.44. The van der Waals surface area contributed by atoms with Crippen molar-refractivity contribution in [3.05, 3.63) is 83.7 Å². The van der Waals surface area contributed by atoms with Crippen molar-refractivity contribution in [2.24, 2.45) is 11.8 Å². The summed E-state index contributed by atoms with van der Waals surface area (Å²) in [7, 11) is 0. The molecule has 6 N–H and O–H groups in total. The van der Waals surface area contributed by atoms with E-state index in [0.29, 0.717) is 45.4 Å². The maximum atomic E-state index is 13.0. The lowest BCUT2D eigenvalue weighted by Gasteiger charge is -2.11. The molecular weight excluding hydrogens is 666 g/mol. The number of nitrogens with one attached hydrogen (secondary N) is 2. The molecule has 2 saturated carbocycles. The smallest absolute Gasteiger partial charge is 0.231 e. The number of pyridine rings is 6. The normalized spacial score (nSPS) is 18.7. The molecule has 0 spiro atoms. The number of rotatable bonds is 6. The van der Waals surface area contributed by atoms with E-state index in [1.165, 1.54) is 0 Å². The number of anilines is 4. The number of alkyl halides is 2. The van der Waals surface area contributed by atoms with Crippen LogP contribution in [0.5, 0.6) is 0 Å². The van der Waals surface area contributed by atoms with Crippen LogP contribution >= 0.6 is 0 Å². The van der Waals surface area contributed by atoms with Crippen molar-refractivity contribution in [1.29, 1.82) is 0 Å². The number of carbonyl (C=O) groups excluding carboxylic acids is 2. The van der Waals surface area contributed by atoms with E-state index in [1.807, 2.05) is 52.0 Å². The summed E-state index contributed by atoms with van der Waals surface area (Å²) in [6, 6.07) is 11.1. The summed E-state index contributed by atoms with van der Waals surface area (Å²) in [5.74, 6) is -0.350. The van der Waals surface area contributed by atoms with E-state index < -0.39 is 24.2 Å². The number of amides is 2. The molecule has 8 rings (SSSR count). The fourth-order valence-electron chi connectivity index (χ4n) is 6.21. The Morgan fingerprint density at radius 2 is 1.04 bits per heavy atom. The van der Waals surface area contributed by atoms with Gasteiger partial charge in [0.05, 0.1) is 23.2 Å². The largest absolute Gasteiger partial charge is 0.383 e. The first-order chi connectivity index (χ1) is 24.9. The average molecular weight is 703 g/mol. The van der Waals surface area contributed by atoms with Crippen LogP contribution in [-0.4, -0.2) is 54.1 Å². The minimum Gasteiger partial charge on any atom is -0.383 e. The van der Waals surface area contributed by atoms with Gasteiger partial charge in [0.25, 0.3) is 0 Å². The highest BCUT2D eigenvalue weighted by Crippen LogP contribution is 2.37. The standard InChI is InChI=1S/2C19H18FN5O/c2*1-9-3-4-22-10(2)17(9)15-5-11-6-16(23-8-13(11)18(21)24-15)25-19(26)12-7-14(12)20/h2*3-6,8,12,14H,7H2,1-2H3,(H2,21,24)(H,23,25,26)/t2*12-,14+/m10/s1. The van der Waals surface area contributed by atoms with Crippen molar-refractivity contribution in [2.75, 3.05) is 22.1 Å². The Labute approximate surface area is 297 Å². The zero-order chi connectivity index (χ0) is 36.8. The van der Waals surface area contributed by atoms with Crippen LogP contribution in [0.1, 0.15) is 35.4 Å². The van der Waals surface area contributed by atoms with E-state index in [9.17, 15) is 18.4 Å². The number of fused-ring (bicyclic) bond motifs is 2. The number of nitrogens with two attached hydrogens (primary N) is 2. The van der Waals surface area contributed by atoms with Gasteiger partial charge in [-0.15, -0.1) is 0 Å². The number of aryl methyl sites for hydroxylation is 4. The van der Waals surface area contributed by atoms with Crippen LogP contribution in [0.3, 0.4) is 0 Å². The number of halogens is 2. The van der Waals surface area contributed by atoms with Gasteiger partial charge in [-0.1, -0.05) is 0 Å². The summed E-state index contributed by atoms with van der Waals surface area (Å²) in [4.78, 5) is 49.9.